The molecule has 2 heteroatoms. The Morgan fingerprint density at radius 3 is 1.75 bits per heavy atom. The van der Waals surface area contributed by atoms with Crippen molar-refractivity contribution in [1.29, 1.82) is 0 Å². The van der Waals surface area contributed by atoms with Crippen molar-refractivity contribution >= 4 is 0 Å². The molecule has 0 unspecified atom stereocenters. The van der Waals surface area contributed by atoms with Gasteiger partial charge in [-0.15, -0.1) is 0 Å². The molecule has 0 spiro atoms. The van der Waals surface area contributed by atoms with E-state index in [2.05, 4.69) is 0 Å². The van der Waals surface area contributed by atoms with Crippen molar-refractivity contribution in [3.05, 3.63) is 0 Å². The zero-order chi connectivity index (χ0) is 5.11. The van der Waals surface area contributed by atoms with Gasteiger partial charge in [0.1, 0.15) is 0 Å². The van der Waals surface area contributed by atoms with E-state index in [4.69, 9.17) is 5.73 Å². The van der Waals surface area contributed by atoms with Gasteiger partial charge >= 0.3 is 0 Å². The second kappa shape index (κ2) is 4.52. The molecule has 0 bridgehead atoms. The molecule has 0 aromatic rings. The molecule has 0 aromatic heterocycles. The molecule has 0 atom stereocenters. The molecule has 1 rings (SSSR count). The first-order chi connectivity index (χ1) is 3.39. The van der Waals surface area contributed by atoms with Crippen LogP contribution in [0.15, 0.2) is 0 Å². The van der Waals surface area contributed by atoms with Gasteiger partial charge in [-0.1, -0.05) is 19.3 Å². The maximum absolute atomic E-state index is 5.63. The molecule has 52 valence electrons. The fourth-order valence-electron chi connectivity index (χ4n) is 1.13. The van der Waals surface area contributed by atoms with E-state index in [1.165, 1.54) is 32.1 Å². The molecule has 0 saturated heterocycles. The van der Waals surface area contributed by atoms with Gasteiger partial charge in [0.15, 0.2) is 0 Å². The molecule has 0 amide bonds. The molecule has 1 fully saturated rings. The number of rotatable bonds is 0. The molecule has 1 aliphatic rings. The fraction of sp³-hybridized carbons (Fsp3) is 1.00. The third-order valence-corrected chi connectivity index (χ3v) is 1.65. The molecule has 0 aliphatic heterocycles. The van der Waals surface area contributed by atoms with Gasteiger partial charge in [-0.3, -0.25) is 0 Å². The molecule has 0 aromatic carbocycles. The van der Waals surface area contributed by atoms with E-state index in [1.807, 2.05) is 0 Å². The van der Waals surface area contributed by atoms with E-state index < -0.39 is 0 Å². The van der Waals surface area contributed by atoms with Crippen LogP contribution in [0.1, 0.15) is 32.1 Å². The Bertz CT molecular complexity index is 50.5. The monoisotopic (exact) mass is 294 g/mol. The summed E-state index contributed by atoms with van der Waals surface area (Å²) in [4.78, 5) is 0. The van der Waals surface area contributed by atoms with Gasteiger partial charge in [-0.25, -0.2) is 0 Å². The minimum Gasteiger partial charge on any atom is -0.328 e. The van der Waals surface area contributed by atoms with Crippen molar-refractivity contribution < 1.29 is 21.1 Å². The quantitative estimate of drug-likeness (QED) is 0.715. The maximum Gasteiger partial charge on any atom is 0.00388 e. The SMILES string of the molecule is NC1CCCCC1.[Pt]. The molecule has 1 nitrogen and oxygen atoms in total. The normalized spacial score (nSPS) is 22.1. The molecular formula is C6H13NPt. The van der Waals surface area contributed by atoms with Gasteiger partial charge in [0.25, 0.3) is 0 Å². The number of nitrogens with two attached hydrogens (primary N) is 1. The Hall–Kier alpha value is 0.648. The summed E-state index contributed by atoms with van der Waals surface area (Å²) in [6.07, 6.45) is 6.66. The van der Waals surface area contributed by atoms with Crippen LogP contribution in [0.2, 0.25) is 0 Å². The molecule has 1 saturated carbocycles. The molecule has 8 heavy (non-hydrogen) atoms. The van der Waals surface area contributed by atoms with Crippen LogP contribution in [0.4, 0.5) is 0 Å². The van der Waals surface area contributed by atoms with E-state index in [0.29, 0.717) is 6.04 Å². The molecule has 0 heterocycles. The molecule has 0 radical (unpaired) electrons. The third kappa shape index (κ3) is 2.84. The van der Waals surface area contributed by atoms with Crippen LogP contribution in [0, 0.1) is 0 Å². The van der Waals surface area contributed by atoms with Crippen LogP contribution in [-0.4, -0.2) is 6.04 Å². The van der Waals surface area contributed by atoms with Crippen LogP contribution in [0.25, 0.3) is 0 Å². The number of hydrogen-bond acceptors (Lipinski definition) is 1. The van der Waals surface area contributed by atoms with Gasteiger partial charge in [0, 0.05) is 27.1 Å². The van der Waals surface area contributed by atoms with Crippen molar-refractivity contribution in [2.24, 2.45) is 5.73 Å². The summed E-state index contributed by atoms with van der Waals surface area (Å²) in [7, 11) is 0. The van der Waals surface area contributed by atoms with Gasteiger partial charge in [0.2, 0.25) is 0 Å². The number of hydrogen-bond donors (Lipinski definition) is 1. The fourth-order valence-corrected chi connectivity index (χ4v) is 1.13. The predicted molar refractivity (Wildman–Crippen MR) is 31.1 cm³/mol. The summed E-state index contributed by atoms with van der Waals surface area (Å²) in [5.41, 5.74) is 5.63. The van der Waals surface area contributed by atoms with Crippen LogP contribution in [0.5, 0.6) is 0 Å². The second-order valence-corrected chi connectivity index (χ2v) is 2.40. The van der Waals surface area contributed by atoms with Crippen LogP contribution in [0.3, 0.4) is 0 Å². The Morgan fingerprint density at radius 2 is 1.50 bits per heavy atom. The summed E-state index contributed by atoms with van der Waals surface area (Å²) in [5.74, 6) is 0. The predicted octanol–water partition coefficient (Wildman–Crippen LogP) is 1.28. The smallest absolute Gasteiger partial charge is 0.00388 e. The summed E-state index contributed by atoms with van der Waals surface area (Å²) >= 11 is 0. The molecule has 2 N–H and O–H groups in total. The van der Waals surface area contributed by atoms with E-state index in [-0.39, 0.29) is 21.1 Å². The first-order valence-electron chi connectivity index (χ1n) is 3.15. The third-order valence-electron chi connectivity index (χ3n) is 1.65. The van der Waals surface area contributed by atoms with Crippen LogP contribution in [-0.2, 0) is 21.1 Å². The summed E-state index contributed by atoms with van der Waals surface area (Å²) in [6.45, 7) is 0. The Labute approximate surface area is 65.3 Å². The van der Waals surface area contributed by atoms with Crippen LogP contribution < -0.4 is 5.73 Å². The average Bonchev–Trinajstić information content (AvgIpc) is 1.69. The van der Waals surface area contributed by atoms with Gasteiger partial charge in [-0.2, -0.15) is 0 Å². The van der Waals surface area contributed by atoms with Crippen LogP contribution >= 0.6 is 0 Å². The second-order valence-electron chi connectivity index (χ2n) is 2.40. The van der Waals surface area contributed by atoms with E-state index in [0.717, 1.165) is 0 Å². The summed E-state index contributed by atoms with van der Waals surface area (Å²) in [5, 5.41) is 0. The minimum atomic E-state index is 0. The van der Waals surface area contributed by atoms with E-state index in [9.17, 15) is 0 Å². The first kappa shape index (κ1) is 8.65. The maximum atomic E-state index is 5.63. The largest absolute Gasteiger partial charge is 0.328 e. The summed E-state index contributed by atoms with van der Waals surface area (Å²) in [6, 6.07) is 0.536. The van der Waals surface area contributed by atoms with Gasteiger partial charge < -0.3 is 5.73 Å². The van der Waals surface area contributed by atoms with Gasteiger partial charge in [-0.05, 0) is 12.8 Å². The first-order valence-corrected chi connectivity index (χ1v) is 3.15. The van der Waals surface area contributed by atoms with E-state index >= 15 is 0 Å². The van der Waals surface area contributed by atoms with Crippen molar-refractivity contribution in [3.8, 4) is 0 Å². The van der Waals surface area contributed by atoms with Crippen molar-refractivity contribution in [2.45, 2.75) is 38.1 Å². The average molecular weight is 294 g/mol. The Morgan fingerprint density at radius 1 is 1.00 bits per heavy atom. The molecule has 1 aliphatic carbocycles. The molecular weight excluding hydrogens is 281 g/mol. The minimum absolute atomic E-state index is 0. The standard InChI is InChI=1S/C6H13N.Pt/c7-6-4-2-1-3-5-6;/h6H,1-5,7H2;. The Kier molecular flexibility index (Phi) is 4.89. The van der Waals surface area contributed by atoms with E-state index in [1.54, 1.807) is 0 Å². The summed E-state index contributed by atoms with van der Waals surface area (Å²) < 4.78 is 0. The van der Waals surface area contributed by atoms with Gasteiger partial charge in [0.05, 0.1) is 0 Å². The van der Waals surface area contributed by atoms with Crippen molar-refractivity contribution in [1.82, 2.24) is 0 Å². The zero-order valence-electron chi connectivity index (χ0n) is 5.01. The zero-order valence-corrected chi connectivity index (χ0v) is 7.28. The van der Waals surface area contributed by atoms with Crippen molar-refractivity contribution in [2.75, 3.05) is 0 Å². The Balaban J connectivity index is 0.000000490. The topological polar surface area (TPSA) is 26.0 Å². The van der Waals surface area contributed by atoms with Crippen molar-refractivity contribution in [3.63, 3.8) is 0 Å².